The van der Waals surface area contributed by atoms with Crippen LogP contribution < -0.4 is 10.5 Å². The van der Waals surface area contributed by atoms with Gasteiger partial charge in [-0.1, -0.05) is 25.6 Å². The number of hydrogen-bond acceptors (Lipinski definition) is 3. The van der Waals surface area contributed by atoms with E-state index in [0.717, 1.165) is 29.7 Å². The molecule has 0 amide bonds. The molecule has 1 unspecified atom stereocenters. The normalized spacial score (nSPS) is 12.2. The molecule has 0 radical (unpaired) electrons. The first kappa shape index (κ1) is 14.9. The largest absolute Gasteiger partial charge is 0.496 e. The summed E-state index contributed by atoms with van der Waals surface area (Å²) >= 11 is 4.97. The Kier molecular flexibility index (Phi) is 6.09. The van der Waals surface area contributed by atoms with Gasteiger partial charge in [-0.15, -0.1) is 0 Å². The van der Waals surface area contributed by atoms with Crippen LogP contribution in [0.25, 0.3) is 0 Å². The fourth-order valence-electron chi connectivity index (χ4n) is 1.77. The topological polar surface area (TPSA) is 44.5 Å². The van der Waals surface area contributed by atoms with E-state index in [2.05, 4.69) is 13.8 Å². The van der Waals surface area contributed by atoms with Crippen molar-refractivity contribution in [2.75, 3.05) is 7.11 Å². The first-order chi connectivity index (χ1) is 8.58. The molecule has 3 nitrogen and oxygen atoms in total. The zero-order valence-electron chi connectivity index (χ0n) is 11.2. The second-order valence-electron chi connectivity index (χ2n) is 4.30. The summed E-state index contributed by atoms with van der Waals surface area (Å²) in [5, 5.41) is 0. The van der Waals surface area contributed by atoms with Crippen molar-refractivity contribution >= 4 is 17.2 Å². The van der Waals surface area contributed by atoms with Gasteiger partial charge in [-0.25, -0.2) is 0 Å². The van der Waals surface area contributed by atoms with E-state index >= 15 is 0 Å². The van der Waals surface area contributed by atoms with Crippen molar-refractivity contribution in [3.05, 3.63) is 29.3 Å². The average Bonchev–Trinajstić information content (AvgIpc) is 2.36. The minimum absolute atomic E-state index is 0.244. The summed E-state index contributed by atoms with van der Waals surface area (Å²) in [5.41, 5.74) is 7.45. The van der Waals surface area contributed by atoms with E-state index in [9.17, 15) is 0 Å². The number of methoxy groups -OCH3 is 1. The molecular formula is C14H21NO2S. The molecule has 0 aliphatic rings. The Bertz CT molecular complexity index is 407. The average molecular weight is 267 g/mol. The standard InChI is InChI=1S/C14H21NO2S/c1-4-5-10(2)17-9-12-8-11(14(15)18)6-7-13(12)16-3/h6-8,10H,4-5,9H2,1-3H3,(H2,15,18). The maximum absolute atomic E-state index is 5.78. The highest BCUT2D eigenvalue weighted by molar-refractivity contribution is 7.80. The lowest BCUT2D eigenvalue weighted by Crippen LogP contribution is -2.12. The fraction of sp³-hybridized carbons (Fsp3) is 0.500. The van der Waals surface area contributed by atoms with Gasteiger partial charge in [0, 0.05) is 11.1 Å². The molecule has 18 heavy (non-hydrogen) atoms. The summed E-state index contributed by atoms with van der Waals surface area (Å²) in [4.78, 5) is 0.389. The predicted octanol–water partition coefficient (Wildman–Crippen LogP) is 3.03. The van der Waals surface area contributed by atoms with Crippen molar-refractivity contribution in [2.24, 2.45) is 5.73 Å². The van der Waals surface area contributed by atoms with Gasteiger partial charge in [-0.2, -0.15) is 0 Å². The van der Waals surface area contributed by atoms with Crippen LogP contribution in [-0.2, 0) is 11.3 Å². The molecule has 0 heterocycles. The summed E-state index contributed by atoms with van der Waals surface area (Å²) in [6.45, 7) is 4.74. The highest BCUT2D eigenvalue weighted by Crippen LogP contribution is 2.21. The fourth-order valence-corrected chi connectivity index (χ4v) is 1.89. The molecule has 0 aliphatic heterocycles. The third-order valence-electron chi connectivity index (χ3n) is 2.78. The maximum Gasteiger partial charge on any atom is 0.124 e. The number of thiocarbonyl (C=S) groups is 1. The van der Waals surface area contributed by atoms with Crippen LogP contribution in [0.4, 0.5) is 0 Å². The van der Waals surface area contributed by atoms with Crippen molar-refractivity contribution in [1.29, 1.82) is 0 Å². The van der Waals surface area contributed by atoms with Crippen LogP contribution >= 0.6 is 12.2 Å². The van der Waals surface area contributed by atoms with Crippen LogP contribution in [0.3, 0.4) is 0 Å². The lowest BCUT2D eigenvalue weighted by molar-refractivity contribution is 0.0461. The molecule has 0 spiro atoms. The molecule has 100 valence electrons. The third-order valence-corrected chi connectivity index (χ3v) is 3.02. The van der Waals surface area contributed by atoms with E-state index in [0.29, 0.717) is 11.6 Å². The summed E-state index contributed by atoms with van der Waals surface area (Å²) in [6, 6.07) is 5.66. The molecule has 0 aliphatic carbocycles. The summed E-state index contributed by atoms with van der Waals surface area (Å²) in [7, 11) is 1.65. The molecule has 0 saturated heterocycles. The lowest BCUT2D eigenvalue weighted by atomic mass is 10.1. The van der Waals surface area contributed by atoms with Gasteiger partial charge in [0.1, 0.15) is 10.7 Å². The second kappa shape index (κ2) is 7.34. The minimum atomic E-state index is 0.244. The molecular weight excluding hydrogens is 246 g/mol. The zero-order valence-corrected chi connectivity index (χ0v) is 12.0. The molecule has 2 N–H and O–H groups in total. The van der Waals surface area contributed by atoms with Crippen molar-refractivity contribution in [2.45, 2.75) is 39.4 Å². The van der Waals surface area contributed by atoms with E-state index in [1.165, 1.54) is 0 Å². The van der Waals surface area contributed by atoms with Crippen LogP contribution in [0.5, 0.6) is 5.75 Å². The lowest BCUT2D eigenvalue weighted by Gasteiger charge is -2.15. The van der Waals surface area contributed by atoms with E-state index in [1.807, 2.05) is 18.2 Å². The SMILES string of the molecule is CCCC(C)OCc1cc(C(N)=S)ccc1OC. The highest BCUT2D eigenvalue weighted by atomic mass is 32.1. The number of rotatable bonds is 7. The van der Waals surface area contributed by atoms with Gasteiger partial charge in [0.25, 0.3) is 0 Å². The van der Waals surface area contributed by atoms with Crippen LogP contribution in [0.1, 0.15) is 37.8 Å². The zero-order chi connectivity index (χ0) is 13.5. The van der Waals surface area contributed by atoms with Gasteiger partial charge in [0.05, 0.1) is 19.8 Å². The van der Waals surface area contributed by atoms with Crippen LogP contribution in [0, 0.1) is 0 Å². The Morgan fingerprint density at radius 3 is 2.72 bits per heavy atom. The summed E-state index contributed by atoms with van der Waals surface area (Å²) in [6.07, 6.45) is 2.41. The molecule has 4 heteroatoms. The third kappa shape index (κ3) is 4.27. The van der Waals surface area contributed by atoms with Gasteiger partial charge in [-0.05, 0) is 31.5 Å². The molecule has 0 bridgehead atoms. The Hall–Kier alpha value is -1.13. The smallest absolute Gasteiger partial charge is 0.124 e. The quantitative estimate of drug-likeness (QED) is 0.771. The van der Waals surface area contributed by atoms with Gasteiger partial charge >= 0.3 is 0 Å². The molecule has 0 saturated carbocycles. The second-order valence-corrected chi connectivity index (χ2v) is 4.74. The first-order valence-electron chi connectivity index (χ1n) is 6.16. The van der Waals surface area contributed by atoms with Gasteiger partial charge in [0.2, 0.25) is 0 Å². The van der Waals surface area contributed by atoms with Crippen LogP contribution in [0.2, 0.25) is 0 Å². The molecule has 1 aromatic rings. The Morgan fingerprint density at radius 2 is 2.17 bits per heavy atom. The summed E-state index contributed by atoms with van der Waals surface area (Å²) < 4.78 is 11.1. The van der Waals surface area contributed by atoms with Crippen molar-refractivity contribution < 1.29 is 9.47 Å². The van der Waals surface area contributed by atoms with E-state index in [1.54, 1.807) is 7.11 Å². The number of nitrogens with two attached hydrogens (primary N) is 1. The van der Waals surface area contributed by atoms with Gasteiger partial charge in [0.15, 0.2) is 0 Å². The van der Waals surface area contributed by atoms with Crippen molar-refractivity contribution in [1.82, 2.24) is 0 Å². The van der Waals surface area contributed by atoms with Gasteiger partial charge < -0.3 is 15.2 Å². The van der Waals surface area contributed by atoms with Crippen molar-refractivity contribution in [3.8, 4) is 5.75 Å². The Labute approximate surface area is 114 Å². The van der Waals surface area contributed by atoms with E-state index < -0.39 is 0 Å². The number of benzene rings is 1. The molecule has 0 fully saturated rings. The first-order valence-corrected chi connectivity index (χ1v) is 6.57. The van der Waals surface area contributed by atoms with Crippen molar-refractivity contribution in [3.63, 3.8) is 0 Å². The molecule has 1 atom stereocenters. The predicted molar refractivity (Wildman–Crippen MR) is 78.0 cm³/mol. The monoisotopic (exact) mass is 267 g/mol. The molecule has 0 aromatic heterocycles. The van der Waals surface area contributed by atoms with Gasteiger partial charge in [-0.3, -0.25) is 0 Å². The minimum Gasteiger partial charge on any atom is -0.496 e. The molecule has 1 aromatic carbocycles. The van der Waals surface area contributed by atoms with Crippen LogP contribution in [0.15, 0.2) is 18.2 Å². The van der Waals surface area contributed by atoms with E-state index in [4.69, 9.17) is 27.4 Å². The van der Waals surface area contributed by atoms with E-state index in [-0.39, 0.29) is 6.10 Å². The highest BCUT2D eigenvalue weighted by Gasteiger charge is 2.08. The Morgan fingerprint density at radius 1 is 1.44 bits per heavy atom. The Balaban J connectivity index is 2.78. The number of ether oxygens (including phenoxy) is 2. The molecule has 1 rings (SSSR count). The number of hydrogen-bond donors (Lipinski definition) is 1. The summed E-state index contributed by atoms with van der Waals surface area (Å²) in [5.74, 6) is 0.804. The maximum atomic E-state index is 5.78. The van der Waals surface area contributed by atoms with Crippen LogP contribution in [-0.4, -0.2) is 18.2 Å².